The molecule has 1 atom stereocenters. The Morgan fingerprint density at radius 1 is 1.29 bits per heavy atom. The van der Waals surface area contributed by atoms with Gasteiger partial charge < -0.3 is 9.64 Å². The van der Waals surface area contributed by atoms with Gasteiger partial charge in [-0.25, -0.2) is 0 Å². The molecule has 1 aliphatic carbocycles. The van der Waals surface area contributed by atoms with Gasteiger partial charge in [0.25, 0.3) is 5.17 Å². The van der Waals surface area contributed by atoms with Crippen LogP contribution in [0.1, 0.15) is 76.8 Å². The third-order valence-electron chi connectivity index (χ3n) is 5.46. The minimum Gasteiger partial charge on any atom is -0.465 e. The molecule has 2 nitrogen and oxygen atoms in total. The molecule has 1 heterocycles. The maximum atomic E-state index is 5.86. The molecule has 1 spiro atoms. The third-order valence-corrected chi connectivity index (χ3v) is 5.80. The van der Waals surface area contributed by atoms with E-state index >= 15 is 0 Å². The zero-order valence-corrected chi connectivity index (χ0v) is 16.6. The maximum absolute atomic E-state index is 5.86. The minimum absolute atomic E-state index is 0.199. The van der Waals surface area contributed by atoms with Crippen molar-refractivity contribution < 1.29 is 4.74 Å². The van der Waals surface area contributed by atoms with E-state index in [0.717, 1.165) is 13.1 Å². The molecular weight excluding hydrogens is 314 g/mol. The highest BCUT2D eigenvalue weighted by Crippen LogP contribution is 2.52. The van der Waals surface area contributed by atoms with Crippen LogP contribution in [-0.2, 0) is 4.74 Å². The highest BCUT2D eigenvalue weighted by Gasteiger charge is 2.49. The fourth-order valence-corrected chi connectivity index (χ4v) is 4.55. The lowest BCUT2D eigenvalue weighted by Gasteiger charge is -2.49. The van der Waals surface area contributed by atoms with E-state index in [1.807, 2.05) is 0 Å². The lowest BCUT2D eigenvalue weighted by atomic mass is 9.77. The van der Waals surface area contributed by atoms with E-state index < -0.39 is 0 Å². The van der Waals surface area contributed by atoms with Gasteiger partial charge >= 0.3 is 0 Å². The molecule has 0 radical (unpaired) electrons. The summed E-state index contributed by atoms with van der Waals surface area (Å²) in [5, 5.41) is 0.679. The Morgan fingerprint density at radius 2 is 2.00 bits per heavy atom. The second-order valence-corrected chi connectivity index (χ2v) is 9.45. The van der Waals surface area contributed by atoms with Gasteiger partial charge in [-0.05, 0) is 75.2 Å². The minimum atomic E-state index is -0.199. The van der Waals surface area contributed by atoms with E-state index in [4.69, 9.17) is 17.0 Å². The molecule has 1 aliphatic heterocycles. The van der Waals surface area contributed by atoms with Gasteiger partial charge in [0.15, 0.2) is 0 Å². The molecule has 1 saturated carbocycles. The van der Waals surface area contributed by atoms with Gasteiger partial charge in [0.1, 0.15) is 5.60 Å². The molecule has 0 aromatic heterocycles. The van der Waals surface area contributed by atoms with Gasteiger partial charge in [0, 0.05) is 18.5 Å². The molecule has 24 heavy (non-hydrogen) atoms. The van der Waals surface area contributed by atoms with E-state index in [2.05, 4.69) is 63.8 Å². The van der Waals surface area contributed by atoms with Gasteiger partial charge in [-0.2, -0.15) is 0 Å². The van der Waals surface area contributed by atoms with E-state index in [1.165, 1.54) is 30.4 Å². The molecule has 3 heteroatoms. The van der Waals surface area contributed by atoms with E-state index in [-0.39, 0.29) is 5.60 Å². The van der Waals surface area contributed by atoms with Crippen molar-refractivity contribution in [3.8, 4) is 0 Å². The monoisotopic (exact) mass is 345 g/mol. The van der Waals surface area contributed by atoms with Crippen molar-refractivity contribution in [3.05, 3.63) is 35.4 Å². The highest BCUT2D eigenvalue weighted by molar-refractivity contribution is 7.80. The summed E-state index contributed by atoms with van der Waals surface area (Å²) in [6, 6.07) is 9.23. The number of hydrogen-bond acceptors (Lipinski definition) is 2. The summed E-state index contributed by atoms with van der Waals surface area (Å²) in [6.45, 7) is 12.9. The Morgan fingerprint density at radius 3 is 2.62 bits per heavy atom. The Hall–Kier alpha value is -1.09. The second-order valence-electron chi connectivity index (χ2n) is 9.10. The number of thiocarbonyl (C=S) groups is 1. The Bertz CT molecular complexity index is 611. The van der Waals surface area contributed by atoms with Gasteiger partial charge in [0.2, 0.25) is 0 Å². The van der Waals surface area contributed by atoms with Crippen LogP contribution in [0, 0.1) is 5.41 Å². The number of rotatable bonds is 2. The van der Waals surface area contributed by atoms with Gasteiger partial charge in [-0.15, -0.1) is 0 Å². The Kier molecular flexibility index (Phi) is 4.67. The molecule has 0 amide bonds. The Balaban J connectivity index is 1.59. The van der Waals surface area contributed by atoms with Crippen LogP contribution in [0.3, 0.4) is 0 Å². The largest absolute Gasteiger partial charge is 0.465 e. The molecule has 2 aliphatic rings. The van der Waals surface area contributed by atoms with E-state index in [9.17, 15) is 0 Å². The summed E-state index contributed by atoms with van der Waals surface area (Å²) in [5.74, 6) is 1.31. The zero-order valence-electron chi connectivity index (χ0n) is 15.8. The SMILES string of the molecule is CC(C)c1cccc(C2CCC3(C2)CN(C(=S)OC(C)(C)C)C3)c1. The molecule has 132 valence electrons. The smallest absolute Gasteiger partial charge is 0.259 e. The van der Waals surface area contributed by atoms with Crippen LogP contribution in [0.15, 0.2) is 24.3 Å². The predicted molar refractivity (Wildman–Crippen MR) is 105 cm³/mol. The van der Waals surface area contributed by atoms with Gasteiger partial charge in [0.05, 0.1) is 0 Å². The fourth-order valence-electron chi connectivity index (χ4n) is 4.17. The molecule has 0 N–H and O–H groups in total. The van der Waals surface area contributed by atoms with Crippen LogP contribution in [0.5, 0.6) is 0 Å². The lowest BCUT2D eigenvalue weighted by Crippen LogP contribution is -2.58. The van der Waals surface area contributed by atoms with Crippen LogP contribution in [-0.4, -0.2) is 28.8 Å². The summed E-state index contributed by atoms with van der Waals surface area (Å²) >= 11 is 5.47. The van der Waals surface area contributed by atoms with Crippen molar-refractivity contribution >= 4 is 17.4 Å². The average Bonchev–Trinajstić information content (AvgIpc) is 2.89. The topological polar surface area (TPSA) is 12.5 Å². The molecule has 2 fully saturated rings. The van der Waals surface area contributed by atoms with Crippen molar-refractivity contribution in [2.24, 2.45) is 5.41 Å². The maximum Gasteiger partial charge on any atom is 0.259 e. The quantitative estimate of drug-likeness (QED) is 0.659. The summed E-state index contributed by atoms with van der Waals surface area (Å²) in [6.07, 6.45) is 3.92. The fraction of sp³-hybridized carbons (Fsp3) is 0.667. The normalized spacial score (nSPS) is 22.8. The van der Waals surface area contributed by atoms with Gasteiger partial charge in [-0.3, -0.25) is 0 Å². The van der Waals surface area contributed by atoms with Crippen LogP contribution in [0.4, 0.5) is 0 Å². The molecular formula is C21H31NOS. The summed E-state index contributed by atoms with van der Waals surface area (Å²) < 4.78 is 5.86. The standard InChI is InChI=1S/C21H31NOS/c1-15(2)16-7-6-8-17(11-16)18-9-10-21(12-18)13-22(14-21)19(24)23-20(3,4)5/h6-8,11,15,18H,9-10,12-14H2,1-5H3. The molecule has 0 bridgehead atoms. The number of hydrogen-bond donors (Lipinski definition) is 0. The first-order valence-corrected chi connectivity index (χ1v) is 9.66. The summed E-state index contributed by atoms with van der Waals surface area (Å²) in [5.41, 5.74) is 3.26. The predicted octanol–water partition coefficient (Wildman–Crippen LogP) is 5.48. The zero-order chi connectivity index (χ0) is 17.5. The molecule has 1 saturated heterocycles. The average molecular weight is 346 g/mol. The molecule has 1 unspecified atom stereocenters. The van der Waals surface area contributed by atoms with Crippen molar-refractivity contribution in [1.82, 2.24) is 4.90 Å². The number of likely N-dealkylation sites (tertiary alicyclic amines) is 1. The number of ether oxygens (including phenoxy) is 1. The van der Waals surface area contributed by atoms with E-state index in [1.54, 1.807) is 0 Å². The van der Waals surface area contributed by atoms with Crippen LogP contribution < -0.4 is 0 Å². The van der Waals surface area contributed by atoms with Crippen molar-refractivity contribution in [2.45, 2.75) is 71.3 Å². The first kappa shape index (κ1) is 17.7. The van der Waals surface area contributed by atoms with Crippen molar-refractivity contribution in [1.29, 1.82) is 0 Å². The molecule has 1 aromatic carbocycles. The van der Waals surface area contributed by atoms with Crippen molar-refractivity contribution in [3.63, 3.8) is 0 Å². The van der Waals surface area contributed by atoms with Gasteiger partial charge in [-0.1, -0.05) is 38.1 Å². The summed E-state index contributed by atoms with van der Waals surface area (Å²) in [4.78, 5) is 2.24. The lowest BCUT2D eigenvalue weighted by molar-refractivity contribution is 0.0163. The van der Waals surface area contributed by atoms with Crippen LogP contribution in [0.25, 0.3) is 0 Å². The van der Waals surface area contributed by atoms with E-state index in [0.29, 0.717) is 22.4 Å². The number of nitrogens with zero attached hydrogens (tertiary/aromatic N) is 1. The summed E-state index contributed by atoms with van der Waals surface area (Å²) in [7, 11) is 0. The number of benzene rings is 1. The molecule has 1 aromatic rings. The highest BCUT2D eigenvalue weighted by atomic mass is 32.1. The third kappa shape index (κ3) is 3.77. The first-order chi connectivity index (χ1) is 11.2. The second kappa shape index (κ2) is 6.33. The Labute approximate surface area is 152 Å². The first-order valence-electron chi connectivity index (χ1n) is 9.25. The van der Waals surface area contributed by atoms with Crippen molar-refractivity contribution in [2.75, 3.05) is 13.1 Å². The van der Waals surface area contributed by atoms with Crippen LogP contribution in [0.2, 0.25) is 0 Å². The van der Waals surface area contributed by atoms with Crippen LogP contribution >= 0.6 is 12.2 Å². The molecule has 3 rings (SSSR count).